The van der Waals surface area contributed by atoms with E-state index in [4.69, 9.17) is 23.2 Å². The van der Waals surface area contributed by atoms with Gasteiger partial charge in [-0.05, 0) is 43.4 Å². The van der Waals surface area contributed by atoms with E-state index in [0.717, 1.165) is 5.56 Å². The average Bonchev–Trinajstić information content (AvgIpc) is 3.16. The Labute approximate surface area is 118 Å². The van der Waals surface area contributed by atoms with E-state index in [9.17, 15) is 4.79 Å². The van der Waals surface area contributed by atoms with Gasteiger partial charge in [0.25, 0.3) is 0 Å². The molecule has 18 heavy (non-hydrogen) atoms. The molecule has 0 saturated heterocycles. The molecule has 0 aromatic heterocycles. The Morgan fingerprint density at radius 2 is 1.94 bits per heavy atom. The van der Waals surface area contributed by atoms with Crippen molar-refractivity contribution in [2.75, 3.05) is 7.05 Å². The quantitative estimate of drug-likeness (QED) is 0.824. The molecule has 1 unspecified atom stereocenters. The van der Waals surface area contributed by atoms with Crippen LogP contribution in [0.3, 0.4) is 0 Å². The normalized spacial score (nSPS) is 16.4. The van der Waals surface area contributed by atoms with Gasteiger partial charge in [0, 0.05) is 23.1 Å². The number of nitrogens with zero attached hydrogens (tertiary/aromatic N) is 1. The highest BCUT2D eigenvalue weighted by Gasteiger charge is 2.32. The van der Waals surface area contributed by atoms with Gasteiger partial charge in [0.1, 0.15) is 0 Å². The van der Waals surface area contributed by atoms with Gasteiger partial charge in [-0.2, -0.15) is 0 Å². The summed E-state index contributed by atoms with van der Waals surface area (Å²) in [5, 5.41) is 1.12. The van der Waals surface area contributed by atoms with Gasteiger partial charge in [0.05, 0.1) is 6.42 Å². The molecular formula is C14H17Cl2NO. The van der Waals surface area contributed by atoms with Crippen LogP contribution in [0.5, 0.6) is 0 Å². The lowest BCUT2D eigenvalue weighted by atomic mass is 10.1. The monoisotopic (exact) mass is 285 g/mol. The highest BCUT2D eigenvalue weighted by Crippen LogP contribution is 2.35. The highest BCUT2D eigenvalue weighted by molar-refractivity contribution is 6.36. The molecule has 1 fully saturated rings. The number of hydrogen-bond acceptors (Lipinski definition) is 1. The van der Waals surface area contributed by atoms with Gasteiger partial charge in [-0.1, -0.05) is 29.3 Å². The average molecular weight is 286 g/mol. The third kappa shape index (κ3) is 2.99. The molecule has 0 heterocycles. The van der Waals surface area contributed by atoms with Crippen molar-refractivity contribution >= 4 is 29.1 Å². The summed E-state index contributed by atoms with van der Waals surface area (Å²) in [6.07, 6.45) is 2.73. The van der Waals surface area contributed by atoms with Gasteiger partial charge in [-0.15, -0.1) is 0 Å². The van der Waals surface area contributed by atoms with Crippen molar-refractivity contribution in [2.24, 2.45) is 5.92 Å². The number of hydrogen-bond donors (Lipinski definition) is 0. The Morgan fingerprint density at radius 3 is 2.44 bits per heavy atom. The van der Waals surface area contributed by atoms with Crippen molar-refractivity contribution < 1.29 is 4.79 Å². The van der Waals surface area contributed by atoms with Crippen molar-refractivity contribution in [3.63, 3.8) is 0 Å². The number of amides is 1. The minimum Gasteiger partial charge on any atom is -0.342 e. The third-order valence-corrected chi connectivity index (χ3v) is 4.41. The zero-order chi connectivity index (χ0) is 13.3. The lowest BCUT2D eigenvalue weighted by molar-refractivity contribution is -0.131. The van der Waals surface area contributed by atoms with Gasteiger partial charge >= 0.3 is 0 Å². The topological polar surface area (TPSA) is 20.3 Å². The van der Waals surface area contributed by atoms with Gasteiger partial charge in [-0.25, -0.2) is 0 Å². The number of halogens is 2. The molecule has 98 valence electrons. The first-order valence-electron chi connectivity index (χ1n) is 6.19. The number of likely N-dealkylation sites (N-methyl/N-ethyl adjacent to an activating group) is 1. The summed E-state index contributed by atoms with van der Waals surface area (Å²) in [4.78, 5) is 14.0. The Balaban J connectivity index is 2.06. The number of carbonyl (C=O) groups excluding carboxylic acids is 1. The van der Waals surface area contributed by atoms with Crippen LogP contribution in [-0.2, 0) is 11.2 Å². The maximum atomic E-state index is 12.2. The van der Waals surface area contributed by atoms with E-state index in [2.05, 4.69) is 6.92 Å². The first-order valence-corrected chi connectivity index (χ1v) is 6.95. The summed E-state index contributed by atoms with van der Waals surface area (Å²) < 4.78 is 0. The third-order valence-electron chi connectivity index (χ3n) is 3.70. The summed E-state index contributed by atoms with van der Waals surface area (Å²) in [7, 11) is 1.86. The molecule has 0 N–H and O–H groups in total. The van der Waals surface area contributed by atoms with Crippen LogP contribution in [-0.4, -0.2) is 23.9 Å². The second kappa shape index (κ2) is 5.50. The van der Waals surface area contributed by atoms with E-state index in [0.29, 0.717) is 22.0 Å². The largest absolute Gasteiger partial charge is 0.342 e. The molecule has 2 nitrogen and oxygen atoms in total. The lowest BCUT2D eigenvalue weighted by Gasteiger charge is -2.25. The van der Waals surface area contributed by atoms with E-state index in [1.165, 1.54) is 12.8 Å². The van der Waals surface area contributed by atoms with Gasteiger partial charge < -0.3 is 4.90 Å². The molecule has 0 bridgehead atoms. The number of benzene rings is 1. The molecule has 1 saturated carbocycles. The summed E-state index contributed by atoms with van der Waals surface area (Å²) in [6.45, 7) is 2.10. The van der Waals surface area contributed by atoms with Crippen LogP contribution in [0.2, 0.25) is 10.0 Å². The zero-order valence-electron chi connectivity index (χ0n) is 10.6. The molecule has 0 spiro atoms. The van der Waals surface area contributed by atoms with Crippen LogP contribution in [0.1, 0.15) is 25.3 Å². The molecule has 1 aliphatic rings. The van der Waals surface area contributed by atoms with E-state index < -0.39 is 0 Å². The summed E-state index contributed by atoms with van der Waals surface area (Å²) in [5.74, 6) is 0.741. The fraction of sp³-hybridized carbons (Fsp3) is 0.500. The van der Waals surface area contributed by atoms with Gasteiger partial charge in [0.2, 0.25) is 5.91 Å². The van der Waals surface area contributed by atoms with Gasteiger partial charge in [0.15, 0.2) is 0 Å². The van der Waals surface area contributed by atoms with Crippen molar-refractivity contribution in [3.8, 4) is 0 Å². The lowest BCUT2D eigenvalue weighted by Crippen LogP contribution is -2.37. The van der Waals surface area contributed by atoms with Crippen molar-refractivity contribution in [2.45, 2.75) is 32.2 Å². The van der Waals surface area contributed by atoms with Crippen LogP contribution in [0.4, 0.5) is 0 Å². The molecule has 1 aromatic rings. The van der Waals surface area contributed by atoms with Crippen LogP contribution in [0.15, 0.2) is 18.2 Å². The summed E-state index contributed by atoms with van der Waals surface area (Å²) >= 11 is 12.2. The van der Waals surface area contributed by atoms with Crippen LogP contribution in [0, 0.1) is 5.92 Å². The molecule has 1 atom stereocenters. The van der Waals surface area contributed by atoms with Crippen LogP contribution >= 0.6 is 23.2 Å². The van der Waals surface area contributed by atoms with Crippen molar-refractivity contribution in [1.29, 1.82) is 0 Å². The Hall–Kier alpha value is -0.730. The van der Waals surface area contributed by atoms with Gasteiger partial charge in [-0.3, -0.25) is 4.79 Å². The number of carbonyl (C=O) groups is 1. The minimum atomic E-state index is 0.0735. The predicted octanol–water partition coefficient (Wildman–Crippen LogP) is 3.79. The SMILES string of the molecule is CC(C1CC1)N(C)C(=O)Cc1c(Cl)cccc1Cl. The van der Waals surface area contributed by atoms with Crippen LogP contribution < -0.4 is 0 Å². The zero-order valence-corrected chi connectivity index (χ0v) is 12.1. The van der Waals surface area contributed by atoms with Crippen molar-refractivity contribution in [3.05, 3.63) is 33.8 Å². The maximum Gasteiger partial charge on any atom is 0.227 e. The summed E-state index contributed by atoms with van der Waals surface area (Å²) in [5.41, 5.74) is 0.723. The second-order valence-electron chi connectivity index (χ2n) is 4.96. The maximum absolute atomic E-state index is 12.2. The summed E-state index contributed by atoms with van der Waals surface area (Å²) in [6, 6.07) is 5.62. The number of rotatable bonds is 4. The smallest absolute Gasteiger partial charge is 0.227 e. The molecular weight excluding hydrogens is 269 g/mol. The fourth-order valence-electron chi connectivity index (χ4n) is 2.10. The predicted molar refractivity (Wildman–Crippen MR) is 75.1 cm³/mol. The van der Waals surface area contributed by atoms with E-state index >= 15 is 0 Å². The Bertz CT molecular complexity index is 437. The molecule has 0 aliphatic heterocycles. The first-order chi connectivity index (χ1) is 8.50. The van der Waals surface area contributed by atoms with Crippen molar-refractivity contribution in [1.82, 2.24) is 4.90 Å². The molecule has 0 radical (unpaired) electrons. The molecule has 4 heteroatoms. The van der Waals surface area contributed by atoms with E-state index in [1.54, 1.807) is 18.2 Å². The Kier molecular flexibility index (Phi) is 4.18. The fourth-order valence-corrected chi connectivity index (χ4v) is 2.63. The minimum absolute atomic E-state index is 0.0735. The van der Waals surface area contributed by atoms with E-state index in [1.807, 2.05) is 11.9 Å². The Morgan fingerprint density at radius 1 is 1.39 bits per heavy atom. The second-order valence-corrected chi connectivity index (χ2v) is 5.77. The molecule has 1 aliphatic carbocycles. The highest BCUT2D eigenvalue weighted by atomic mass is 35.5. The standard InChI is InChI=1S/C14H17Cl2NO/c1-9(10-6-7-10)17(2)14(18)8-11-12(15)4-3-5-13(11)16/h3-5,9-10H,6-8H2,1-2H3. The molecule has 1 amide bonds. The van der Waals surface area contributed by atoms with E-state index in [-0.39, 0.29) is 12.3 Å². The molecule has 1 aromatic carbocycles. The first kappa shape index (κ1) is 13.7. The molecule has 2 rings (SSSR count). The van der Waals surface area contributed by atoms with Crippen LogP contribution in [0.25, 0.3) is 0 Å².